The minimum atomic E-state index is 0.0411. The summed E-state index contributed by atoms with van der Waals surface area (Å²) in [5.74, 6) is 2.28. The first-order valence-electron chi connectivity index (χ1n) is 8.19. The van der Waals surface area contributed by atoms with Gasteiger partial charge in [0, 0.05) is 5.75 Å². The van der Waals surface area contributed by atoms with Crippen LogP contribution in [0.5, 0.6) is 5.75 Å². The molecule has 2 rings (SSSR count). The molecule has 24 heavy (non-hydrogen) atoms. The molecule has 1 N–H and O–H groups in total. The highest BCUT2D eigenvalue weighted by Gasteiger charge is 2.14. The highest BCUT2D eigenvalue weighted by Crippen LogP contribution is 2.24. The Kier molecular flexibility index (Phi) is 7.19. The van der Waals surface area contributed by atoms with Crippen LogP contribution < -0.4 is 10.1 Å². The predicted molar refractivity (Wildman–Crippen MR) is 102 cm³/mol. The maximum atomic E-state index is 12.2. The maximum absolute atomic E-state index is 12.2. The zero-order valence-electron chi connectivity index (χ0n) is 14.5. The van der Waals surface area contributed by atoms with Crippen molar-refractivity contribution in [3.63, 3.8) is 0 Å². The lowest BCUT2D eigenvalue weighted by atomic mass is 10.0. The Morgan fingerprint density at radius 2 is 1.96 bits per heavy atom. The second kappa shape index (κ2) is 9.38. The summed E-state index contributed by atoms with van der Waals surface area (Å²) in [4.78, 5) is 12.2. The smallest absolute Gasteiger partial charge is 0.230 e. The molecule has 0 fully saturated rings. The Balaban J connectivity index is 1.87. The monoisotopic (exact) mass is 343 g/mol. The van der Waals surface area contributed by atoms with Gasteiger partial charge in [-0.15, -0.1) is 11.8 Å². The SMILES string of the molecule is CC[C@H](NC(=O)CSCc1ccccc1)c1ccc(OC)c(C)c1. The molecule has 0 spiro atoms. The average molecular weight is 343 g/mol. The van der Waals surface area contributed by atoms with Crippen LogP contribution in [-0.4, -0.2) is 18.8 Å². The summed E-state index contributed by atoms with van der Waals surface area (Å²) in [6, 6.07) is 16.3. The van der Waals surface area contributed by atoms with E-state index in [9.17, 15) is 4.79 Å². The van der Waals surface area contributed by atoms with Crippen LogP contribution in [0.15, 0.2) is 48.5 Å². The first-order valence-corrected chi connectivity index (χ1v) is 9.35. The van der Waals surface area contributed by atoms with Crippen LogP contribution in [0, 0.1) is 6.92 Å². The molecule has 1 atom stereocenters. The van der Waals surface area contributed by atoms with E-state index >= 15 is 0 Å². The molecule has 0 aromatic heterocycles. The predicted octanol–water partition coefficient (Wildman–Crippen LogP) is 4.50. The Hall–Kier alpha value is -1.94. The molecule has 128 valence electrons. The van der Waals surface area contributed by atoms with Gasteiger partial charge in [0.15, 0.2) is 0 Å². The Morgan fingerprint density at radius 3 is 2.58 bits per heavy atom. The normalized spacial score (nSPS) is 11.8. The Morgan fingerprint density at radius 1 is 1.21 bits per heavy atom. The third-order valence-corrected chi connectivity index (χ3v) is 4.91. The number of nitrogens with one attached hydrogen (secondary N) is 1. The fraction of sp³-hybridized carbons (Fsp3) is 0.350. The van der Waals surface area contributed by atoms with Crippen molar-refractivity contribution in [3.05, 3.63) is 65.2 Å². The number of amides is 1. The molecule has 0 bridgehead atoms. The second-order valence-corrected chi connectivity index (χ2v) is 6.72. The van der Waals surface area contributed by atoms with Crippen LogP contribution >= 0.6 is 11.8 Å². The molecule has 4 heteroatoms. The van der Waals surface area contributed by atoms with Crippen LogP contribution in [0.4, 0.5) is 0 Å². The van der Waals surface area contributed by atoms with Crippen molar-refractivity contribution >= 4 is 17.7 Å². The summed E-state index contributed by atoms with van der Waals surface area (Å²) >= 11 is 1.64. The van der Waals surface area contributed by atoms with Crippen LogP contribution in [0.25, 0.3) is 0 Å². The van der Waals surface area contributed by atoms with Crippen LogP contribution in [0.2, 0.25) is 0 Å². The van der Waals surface area contributed by atoms with Crippen molar-refractivity contribution in [3.8, 4) is 5.75 Å². The summed E-state index contributed by atoms with van der Waals surface area (Å²) < 4.78 is 5.30. The van der Waals surface area contributed by atoms with E-state index in [1.54, 1.807) is 18.9 Å². The molecule has 0 aliphatic rings. The van der Waals surface area contributed by atoms with Gasteiger partial charge in [0.1, 0.15) is 5.75 Å². The van der Waals surface area contributed by atoms with Crippen molar-refractivity contribution in [1.82, 2.24) is 5.32 Å². The van der Waals surface area contributed by atoms with Crippen molar-refractivity contribution in [2.75, 3.05) is 12.9 Å². The third-order valence-electron chi connectivity index (χ3n) is 3.91. The topological polar surface area (TPSA) is 38.3 Å². The first-order chi connectivity index (χ1) is 11.6. The number of methoxy groups -OCH3 is 1. The van der Waals surface area contributed by atoms with Gasteiger partial charge in [0.2, 0.25) is 5.91 Å². The molecule has 0 saturated carbocycles. The van der Waals surface area contributed by atoms with Crippen LogP contribution in [0.1, 0.15) is 36.1 Å². The van der Waals surface area contributed by atoms with E-state index in [0.29, 0.717) is 5.75 Å². The molecule has 1 amide bonds. The first kappa shape index (κ1) is 18.4. The maximum Gasteiger partial charge on any atom is 0.230 e. The van der Waals surface area contributed by atoms with Gasteiger partial charge in [-0.1, -0.05) is 49.4 Å². The number of carbonyl (C=O) groups excluding carboxylic acids is 1. The molecule has 0 radical (unpaired) electrons. The standard InChI is InChI=1S/C20H25NO2S/c1-4-18(17-10-11-19(23-3)15(2)12-17)21-20(22)14-24-13-16-8-6-5-7-9-16/h5-12,18H,4,13-14H2,1-3H3,(H,21,22)/t18-/m0/s1. The van der Waals surface area contributed by atoms with E-state index in [0.717, 1.165) is 29.1 Å². The highest BCUT2D eigenvalue weighted by molar-refractivity contribution is 7.99. The summed E-state index contributed by atoms with van der Waals surface area (Å²) in [5, 5.41) is 3.13. The summed E-state index contributed by atoms with van der Waals surface area (Å²) in [6.45, 7) is 4.11. The quantitative estimate of drug-likeness (QED) is 0.767. The molecular formula is C20H25NO2S. The van der Waals surface area contributed by atoms with E-state index in [1.807, 2.05) is 37.3 Å². The van der Waals surface area contributed by atoms with Crippen molar-refractivity contribution in [2.24, 2.45) is 0 Å². The van der Waals surface area contributed by atoms with Gasteiger partial charge in [-0.25, -0.2) is 0 Å². The number of benzene rings is 2. The number of hydrogen-bond acceptors (Lipinski definition) is 3. The molecular weight excluding hydrogens is 318 g/mol. The zero-order chi connectivity index (χ0) is 17.4. The molecule has 0 heterocycles. The Labute approximate surface area is 148 Å². The number of ether oxygens (including phenoxy) is 1. The van der Waals surface area contributed by atoms with Crippen LogP contribution in [-0.2, 0) is 10.5 Å². The van der Waals surface area contributed by atoms with E-state index < -0.39 is 0 Å². The number of aryl methyl sites for hydroxylation is 1. The van der Waals surface area contributed by atoms with Gasteiger partial charge in [0.25, 0.3) is 0 Å². The molecule has 0 aliphatic heterocycles. The van der Waals surface area contributed by atoms with E-state index in [1.165, 1.54) is 5.56 Å². The van der Waals surface area contributed by atoms with Gasteiger partial charge in [0.05, 0.1) is 18.9 Å². The second-order valence-electron chi connectivity index (χ2n) is 5.74. The third kappa shape index (κ3) is 5.31. The van der Waals surface area contributed by atoms with Gasteiger partial charge in [-0.2, -0.15) is 0 Å². The minimum absolute atomic E-state index is 0.0411. The minimum Gasteiger partial charge on any atom is -0.496 e. The van der Waals surface area contributed by atoms with Crippen molar-refractivity contribution in [1.29, 1.82) is 0 Å². The van der Waals surface area contributed by atoms with Crippen LogP contribution in [0.3, 0.4) is 0 Å². The molecule has 0 unspecified atom stereocenters. The van der Waals surface area contributed by atoms with Gasteiger partial charge in [-0.3, -0.25) is 4.79 Å². The van der Waals surface area contributed by atoms with Crippen molar-refractivity contribution < 1.29 is 9.53 Å². The number of rotatable bonds is 8. The van der Waals surface area contributed by atoms with E-state index in [4.69, 9.17) is 4.74 Å². The molecule has 0 saturated heterocycles. The molecule has 3 nitrogen and oxygen atoms in total. The summed E-state index contributed by atoms with van der Waals surface area (Å²) in [5.41, 5.74) is 3.45. The highest BCUT2D eigenvalue weighted by atomic mass is 32.2. The molecule has 2 aromatic carbocycles. The number of thioether (sulfide) groups is 1. The lowest BCUT2D eigenvalue weighted by Crippen LogP contribution is -2.29. The number of hydrogen-bond donors (Lipinski definition) is 1. The number of carbonyl (C=O) groups is 1. The lowest BCUT2D eigenvalue weighted by molar-refractivity contribution is -0.119. The summed E-state index contributed by atoms with van der Waals surface area (Å²) in [6.07, 6.45) is 0.862. The summed E-state index contributed by atoms with van der Waals surface area (Å²) in [7, 11) is 1.67. The van der Waals surface area contributed by atoms with Gasteiger partial charge < -0.3 is 10.1 Å². The molecule has 2 aromatic rings. The molecule has 0 aliphatic carbocycles. The largest absolute Gasteiger partial charge is 0.496 e. The lowest BCUT2D eigenvalue weighted by Gasteiger charge is -2.19. The van der Waals surface area contributed by atoms with E-state index in [2.05, 4.69) is 30.4 Å². The van der Waals surface area contributed by atoms with Crippen molar-refractivity contribution in [2.45, 2.75) is 32.1 Å². The fourth-order valence-electron chi connectivity index (χ4n) is 2.61. The zero-order valence-corrected chi connectivity index (χ0v) is 15.4. The average Bonchev–Trinajstić information content (AvgIpc) is 2.60. The fourth-order valence-corrected chi connectivity index (χ4v) is 3.41. The van der Waals surface area contributed by atoms with Gasteiger partial charge in [-0.05, 0) is 36.1 Å². The van der Waals surface area contributed by atoms with Gasteiger partial charge >= 0.3 is 0 Å². The van der Waals surface area contributed by atoms with E-state index in [-0.39, 0.29) is 11.9 Å². The Bertz CT molecular complexity index is 658.